The molecule has 114 valence electrons. The van der Waals surface area contributed by atoms with Crippen molar-refractivity contribution in [3.05, 3.63) is 70.3 Å². The van der Waals surface area contributed by atoms with Gasteiger partial charge in [0.2, 0.25) is 5.91 Å². The highest BCUT2D eigenvalue weighted by Gasteiger charge is 2.09. The van der Waals surface area contributed by atoms with E-state index in [1.807, 2.05) is 42.3 Å². The number of likely N-dealkylation sites (N-methyl/N-ethyl adjacent to an activating group) is 1. The molecule has 2 rings (SSSR count). The predicted octanol–water partition coefficient (Wildman–Crippen LogP) is 2.67. The SMILES string of the molecule is CN(CC(=O)Nc1ccc([N+](=O)[O-])cc1)Cc1ccccc1. The van der Waals surface area contributed by atoms with Gasteiger partial charge >= 0.3 is 0 Å². The zero-order valence-corrected chi connectivity index (χ0v) is 12.2. The number of nitrogens with zero attached hydrogens (tertiary/aromatic N) is 2. The van der Waals surface area contributed by atoms with Gasteiger partial charge in [0, 0.05) is 24.4 Å². The lowest BCUT2D eigenvalue weighted by atomic mass is 10.2. The van der Waals surface area contributed by atoms with E-state index in [1.54, 1.807) is 0 Å². The van der Waals surface area contributed by atoms with Gasteiger partial charge in [-0.25, -0.2) is 0 Å². The highest BCUT2D eigenvalue weighted by atomic mass is 16.6. The first-order chi connectivity index (χ1) is 10.5. The Labute approximate surface area is 128 Å². The van der Waals surface area contributed by atoms with E-state index in [-0.39, 0.29) is 18.1 Å². The highest BCUT2D eigenvalue weighted by Crippen LogP contribution is 2.15. The normalized spacial score (nSPS) is 10.5. The molecule has 0 aliphatic carbocycles. The molecule has 0 radical (unpaired) electrons. The number of anilines is 1. The summed E-state index contributed by atoms with van der Waals surface area (Å²) in [6.07, 6.45) is 0. The van der Waals surface area contributed by atoms with Crippen molar-refractivity contribution in [3.63, 3.8) is 0 Å². The Morgan fingerprint density at radius 3 is 2.36 bits per heavy atom. The molecule has 0 atom stereocenters. The van der Waals surface area contributed by atoms with Crippen molar-refractivity contribution in [1.82, 2.24) is 4.90 Å². The van der Waals surface area contributed by atoms with Crippen molar-refractivity contribution in [2.75, 3.05) is 18.9 Å². The number of carbonyl (C=O) groups excluding carboxylic acids is 1. The zero-order chi connectivity index (χ0) is 15.9. The summed E-state index contributed by atoms with van der Waals surface area (Å²) in [4.78, 5) is 23.9. The maximum atomic E-state index is 11.9. The number of hydrogen-bond acceptors (Lipinski definition) is 4. The van der Waals surface area contributed by atoms with Crippen LogP contribution in [0.1, 0.15) is 5.56 Å². The van der Waals surface area contributed by atoms with Gasteiger partial charge in [-0.2, -0.15) is 0 Å². The third-order valence-electron chi connectivity index (χ3n) is 3.07. The van der Waals surface area contributed by atoms with Crippen molar-refractivity contribution in [2.45, 2.75) is 6.54 Å². The molecule has 2 aromatic carbocycles. The Morgan fingerprint density at radius 2 is 1.77 bits per heavy atom. The van der Waals surface area contributed by atoms with E-state index in [1.165, 1.54) is 24.3 Å². The van der Waals surface area contributed by atoms with E-state index in [2.05, 4.69) is 5.32 Å². The molecule has 0 saturated carbocycles. The molecule has 6 nitrogen and oxygen atoms in total. The van der Waals surface area contributed by atoms with Crippen molar-refractivity contribution >= 4 is 17.3 Å². The molecular formula is C16H17N3O3. The molecule has 1 N–H and O–H groups in total. The molecule has 0 aromatic heterocycles. The molecule has 0 spiro atoms. The van der Waals surface area contributed by atoms with Crippen LogP contribution in [0.5, 0.6) is 0 Å². The van der Waals surface area contributed by atoms with Crippen LogP contribution in [-0.2, 0) is 11.3 Å². The predicted molar refractivity (Wildman–Crippen MR) is 84.5 cm³/mol. The molecule has 1 amide bonds. The van der Waals surface area contributed by atoms with Crippen LogP contribution in [-0.4, -0.2) is 29.3 Å². The van der Waals surface area contributed by atoms with Gasteiger partial charge in [0.05, 0.1) is 11.5 Å². The molecule has 0 aliphatic heterocycles. The molecule has 0 aliphatic rings. The number of nitro groups is 1. The monoisotopic (exact) mass is 299 g/mol. The van der Waals surface area contributed by atoms with E-state index < -0.39 is 4.92 Å². The molecule has 2 aromatic rings. The molecule has 0 saturated heterocycles. The number of amides is 1. The molecule has 6 heteroatoms. The van der Waals surface area contributed by atoms with Crippen LogP contribution in [0, 0.1) is 10.1 Å². The Balaban J connectivity index is 1.85. The second-order valence-corrected chi connectivity index (χ2v) is 5.01. The lowest BCUT2D eigenvalue weighted by Crippen LogP contribution is -2.29. The zero-order valence-electron chi connectivity index (χ0n) is 12.2. The highest BCUT2D eigenvalue weighted by molar-refractivity contribution is 5.92. The van der Waals surface area contributed by atoms with Gasteiger partial charge in [-0.3, -0.25) is 19.8 Å². The Kier molecular flexibility index (Phi) is 5.21. The summed E-state index contributed by atoms with van der Waals surface area (Å²) in [5.41, 5.74) is 1.68. The van der Waals surface area contributed by atoms with E-state index in [9.17, 15) is 14.9 Å². The Morgan fingerprint density at radius 1 is 1.14 bits per heavy atom. The fraction of sp³-hybridized carbons (Fsp3) is 0.188. The van der Waals surface area contributed by atoms with E-state index in [4.69, 9.17) is 0 Å². The number of hydrogen-bond donors (Lipinski definition) is 1. The smallest absolute Gasteiger partial charge is 0.269 e. The fourth-order valence-electron chi connectivity index (χ4n) is 2.06. The molecule has 22 heavy (non-hydrogen) atoms. The van der Waals surface area contributed by atoms with Crippen molar-refractivity contribution in [1.29, 1.82) is 0 Å². The summed E-state index contributed by atoms with van der Waals surface area (Å²) >= 11 is 0. The summed E-state index contributed by atoms with van der Waals surface area (Å²) in [7, 11) is 1.86. The molecule has 0 unspecified atom stereocenters. The number of benzene rings is 2. The lowest BCUT2D eigenvalue weighted by Gasteiger charge is -2.16. The van der Waals surface area contributed by atoms with Crippen molar-refractivity contribution < 1.29 is 9.72 Å². The van der Waals surface area contributed by atoms with Crippen LogP contribution in [0.3, 0.4) is 0 Å². The molecule has 0 bridgehead atoms. The van der Waals surface area contributed by atoms with Gasteiger partial charge < -0.3 is 5.32 Å². The summed E-state index contributed by atoms with van der Waals surface area (Å²) in [6.45, 7) is 0.917. The first kappa shape index (κ1) is 15.7. The second-order valence-electron chi connectivity index (χ2n) is 5.01. The van der Waals surface area contributed by atoms with Gasteiger partial charge in [0.15, 0.2) is 0 Å². The maximum absolute atomic E-state index is 11.9. The average molecular weight is 299 g/mol. The minimum atomic E-state index is -0.473. The molecular weight excluding hydrogens is 282 g/mol. The first-order valence-corrected chi connectivity index (χ1v) is 6.81. The average Bonchev–Trinajstić information content (AvgIpc) is 2.48. The van der Waals surface area contributed by atoms with Gasteiger partial charge in [-0.1, -0.05) is 30.3 Å². The van der Waals surface area contributed by atoms with Crippen LogP contribution in [0.2, 0.25) is 0 Å². The van der Waals surface area contributed by atoms with Crippen molar-refractivity contribution in [3.8, 4) is 0 Å². The Hall–Kier alpha value is -2.73. The van der Waals surface area contributed by atoms with Gasteiger partial charge in [-0.05, 0) is 24.7 Å². The minimum Gasteiger partial charge on any atom is -0.325 e. The van der Waals surface area contributed by atoms with Gasteiger partial charge in [0.25, 0.3) is 5.69 Å². The van der Waals surface area contributed by atoms with Crippen molar-refractivity contribution in [2.24, 2.45) is 0 Å². The number of non-ortho nitro benzene ring substituents is 1. The molecule has 0 heterocycles. The van der Waals surface area contributed by atoms with Crippen LogP contribution >= 0.6 is 0 Å². The number of nitro benzene ring substituents is 1. The standard InChI is InChI=1S/C16H17N3O3/c1-18(11-13-5-3-2-4-6-13)12-16(20)17-14-7-9-15(10-8-14)19(21)22/h2-10H,11-12H2,1H3,(H,17,20). The third-order valence-corrected chi connectivity index (χ3v) is 3.07. The number of rotatable bonds is 6. The summed E-state index contributed by atoms with van der Waals surface area (Å²) in [6, 6.07) is 15.6. The topological polar surface area (TPSA) is 75.5 Å². The quantitative estimate of drug-likeness (QED) is 0.657. The Bertz CT molecular complexity index is 641. The summed E-state index contributed by atoms with van der Waals surface area (Å²) < 4.78 is 0. The van der Waals surface area contributed by atoms with Crippen LogP contribution in [0.15, 0.2) is 54.6 Å². The van der Waals surface area contributed by atoms with E-state index in [0.29, 0.717) is 12.2 Å². The number of carbonyl (C=O) groups is 1. The lowest BCUT2D eigenvalue weighted by molar-refractivity contribution is -0.384. The summed E-state index contributed by atoms with van der Waals surface area (Å²) in [5, 5.41) is 13.3. The van der Waals surface area contributed by atoms with Crippen LogP contribution in [0.4, 0.5) is 11.4 Å². The number of nitrogens with one attached hydrogen (secondary N) is 1. The van der Waals surface area contributed by atoms with E-state index >= 15 is 0 Å². The van der Waals surface area contributed by atoms with Crippen LogP contribution in [0.25, 0.3) is 0 Å². The minimum absolute atomic E-state index is 0.000746. The third kappa shape index (κ3) is 4.68. The molecule has 0 fully saturated rings. The van der Waals surface area contributed by atoms with Gasteiger partial charge in [0.1, 0.15) is 0 Å². The maximum Gasteiger partial charge on any atom is 0.269 e. The largest absolute Gasteiger partial charge is 0.325 e. The first-order valence-electron chi connectivity index (χ1n) is 6.81. The second kappa shape index (κ2) is 7.33. The van der Waals surface area contributed by atoms with Gasteiger partial charge in [-0.15, -0.1) is 0 Å². The summed E-state index contributed by atoms with van der Waals surface area (Å²) in [5.74, 6) is -0.160. The van der Waals surface area contributed by atoms with E-state index in [0.717, 1.165) is 5.56 Å². The fourth-order valence-corrected chi connectivity index (χ4v) is 2.06. The van der Waals surface area contributed by atoms with Crippen LogP contribution < -0.4 is 5.32 Å².